The second-order valence-corrected chi connectivity index (χ2v) is 6.02. The lowest BCUT2D eigenvalue weighted by Crippen LogP contribution is -2.48. The molecule has 18 heavy (non-hydrogen) atoms. The van der Waals surface area contributed by atoms with Gasteiger partial charge in [-0.3, -0.25) is 0 Å². The molecule has 2 fully saturated rings. The Labute approximate surface area is 110 Å². The van der Waals surface area contributed by atoms with E-state index >= 15 is 0 Å². The topological polar surface area (TPSA) is 29.5 Å². The van der Waals surface area contributed by atoms with Crippen LogP contribution >= 0.6 is 0 Å². The van der Waals surface area contributed by atoms with E-state index in [2.05, 4.69) is 25.8 Å². The summed E-state index contributed by atoms with van der Waals surface area (Å²) in [5.41, 5.74) is 1.35. The van der Waals surface area contributed by atoms with E-state index in [-0.39, 0.29) is 5.97 Å². The Bertz CT molecular complexity index is 330. The lowest BCUT2D eigenvalue weighted by molar-refractivity contribution is -0.137. The Hall–Kier alpha value is -0.830. The average molecular weight is 251 g/mol. The molecule has 2 rings (SSSR count). The lowest BCUT2D eigenvalue weighted by Gasteiger charge is -2.48. The minimum atomic E-state index is -0.159. The highest BCUT2D eigenvalue weighted by molar-refractivity contribution is 5.83. The molecule has 0 aromatic heterocycles. The highest BCUT2D eigenvalue weighted by Crippen LogP contribution is 2.45. The van der Waals surface area contributed by atoms with Gasteiger partial charge >= 0.3 is 5.97 Å². The smallest absolute Gasteiger partial charge is 0.330 e. The van der Waals surface area contributed by atoms with Crippen LogP contribution in [0.5, 0.6) is 0 Å². The van der Waals surface area contributed by atoms with Gasteiger partial charge in [-0.1, -0.05) is 19.4 Å². The zero-order chi connectivity index (χ0) is 13.3. The standard InChI is InChI=1S/C15H25NO2/c1-5-18-15(17)7-12-13-8-16(4)9-14(12)11(3)6-10(13)2/h7,10-11,13-14H,5-6,8-9H2,1-4H3/t10-,11-,13?,14?/m1/s1. The first-order valence-corrected chi connectivity index (χ1v) is 7.09. The summed E-state index contributed by atoms with van der Waals surface area (Å²) in [6.45, 7) is 9.11. The average Bonchev–Trinajstić information content (AvgIpc) is 2.29. The van der Waals surface area contributed by atoms with Crippen molar-refractivity contribution in [2.75, 3.05) is 26.7 Å². The fraction of sp³-hybridized carbons (Fsp3) is 0.800. The van der Waals surface area contributed by atoms with Crippen molar-refractivity contribution in [3.63, 3.8) is 0 Å². The number of fused-ring (bicyclic) bond motifs is 2. The number of nitrogens with zero attached hydrogens (tertiary/aromatic N) is 1. The minimum absolute atomic E-state index is 0.159. The molecule has 3 heteroatoms. The van der Waals surface area contributed by atoms with Crippen molar-refractivity contribution in [3.05, 3.63) is 11.6 Å². The van der Waals surface area contributed by atoms with Gasteiger partial charge in [0.1, 0.15) is 0 Å². The predicted octanol–water partition coefficient (Wildman–Crippen LogP) is 2.33. The van der Waals surface area contributed by atoms with Crippen molar-refractivity contribution in [2.24, 2.45) is 23.7 Å². The van der Waals surface area contributed by atoms with Gasteiger partial charge in [0.15, 0.2) is 0 Å². The molecular formula is C15H25NO2. The number of rotatable bonds is 2. The monoisotopic (exact) mass is 251 g/mol. The summed E-state index contributed by atoms with van der Waals surface area (Å²) < 4.78 is 5.08. The first-order chi connectivity index (χ1) is 8.52. The van der Waals surface area contributed by atoms with E-state index in [1.54, 1.807) is 6.08 Å². The molecular weight excluding hydrogens is 226 g/mol. The maximum atomic E-state index is 11.7. The van der Waals surface area contributed by atoms with E-state index in [1.165, 1.54) is 12.0 Å². The van der Waals surface area contributed by atoms with Crippen LogP contribution in [-0.2, 0) is 9.53 Å². The van der Waals surface area contributed by atoms with E-state index < -0.39 is 0 Å². The molecule has 1 aliphatic heterocycles. The van der Waals surface area contributed by atoms with Crippen LogP contribution in [-0.4, -0.2) is 37.6 Å². The third-order valence-electron chi connectivity index (χ3n) is 4.56. The molecule has 0 spiro atoms. The summed E-state index contributed by atoms with van der Waals surface area (Å²) in [6.07, 6.45) is 3.07. The van der Waals surface area contributed by atoms with Crippen molar-refractivity contribution in [1.82, 2.24) is 4.90 Å². The van der Waals surface area contributed by atoms with Gasteiger partial charge in [0.25, 0.3) is 0 Å². The molecule has 1 aliphatic carbocycles. The van der Waals surface area contributed by atoms with Crippen LogP contribution in [0.4, 0.5) is 0 Å². The van der Waals surface area contributed by atoms with E-state index in [4.69, 9.17) is 4.74 Å². The first kappa shape index (κ1) is 13.6. The van der Waals surface area contributed by atoms with E-state index in [9.17, 15) is 4.79 Å². The van der Waals surface area contributed by atoms with E-state index in [0.29, 0.717) is 30.3 Å². The molecule has 0 aromatic carbocycles. The molecule has 1 saturated carbocycles. The Balaban J connectivity index is 2.24. The number of ether oxygens (including phenoxy) is 1. The van der Waals surface area contributed by atoms with Gasteiger partial charge in [-0.05, 0) is 44.1 Å². The lowest BCUT2D eigenvalue weighted by atomic mass is 9.64. The molecule has 2 bridgehead atoms. The van der Waals surface area contributed by atoms with Crippen LogP contribution in [0, 0.1) is 23.7 Å². The Morgan fingerprint density at radius 1 is 1.33 bits per heavy atom. The molecule has 0 radical (unpaired) electrons. The number of carbonyl (C=O) groups excluding carboxylic acids is 1. The van der Waals surface area contributed by atoms with Crippen LogP contribution in [0.25, 0.3) is 0 Å². The normalized spacial score (nSPS) is 36.3. The number of carbonyl (C=O) groups is 1. The van der Waals surface area contributed by atoms with Crippen molar-refractivity contribution >= 4 is 5.97 Å². The van der Waals surface area contributed by atoms with Crippen LogP contribution in [0.2, 0.25) is 0 Å². The fourth-order valence-corrected chi connectivity index (χ4v) is 3.70. The Kier molecular flexibility index (Phi) is 4.10. The van der Waals surface area contributed by atoms with Gasteiger partial charge in [0.05, 0.1) is 6.61 Å². The Morgan fingerprint density at radius 2 is 1.89 bits per heavy atom. The minimum Gasteiger partial charge on any atom is -0.463 e. The maximum Gasteiger partial charge on any atom is 0.330 e. The summed E-state index contributed by atoms with van der Waals surface area (Å²) in [5, 5.41) is 0. The molecule has 4 atom stereocenters. The van der Waals surface area contributed by atoms with Crippen molar-refractivity contribution in [2.45, 2.75) is 27.2 Å². The molecule has 1 saturated heterocycles. The van der Waals surface area contributed by atoms with Crippen molar-refractivity contribution in [3.8, 4) is 0 Å². The number of hydrogen-bond donors (Lipinski definition) is 0. The first-order valence-electron chi connectivity index (χ1n) is 7.09. The molecule has 2 aliphatic rings. The van der Waals surface area contributed by atoms with Gasteiger partial charge in [0.2, 0.25) is 0 Å². The zero-order valence-electron chi connectivity index (χ0n) is 12.0. The van der Waals surface area contributed by atoms with Gasteiger partial charge in [0, 0.05) is 19.2 Å². The molecule has 0 aromatic rings. The summed E-state index contributed by atoms with van der Waals surface area (Å²) >= 11 is 0. The zero-order valence-corrected chi connectivity index (χ0v) is 12.0. The SMILES string of the molecule is CCOC(=O)C=C1C2CN(C)CC1[C@H](C)C[C@H]2C. The molecule has 0 N–H and O–H groups in total. The number of likely N-dealkylation sites (tertiary alicyclic amines) is 1. The van der Waals surface area contributed by atoms with Gasteiger partial charge < -0.3 is 9.64 Å². The second-order valence-electron chi connectivity index (χ2n) is 6.02. The predicted molar refractivity (Wildman–Crippen MR) is 72.1 cm³/mol. The van der Waals surface area contributed by atoms with Crippen molar-refractivity contribution < 1.29 is 9.53 Å². The van der Waals surface area contributed by atoms with Crippen LogP contribution in [0.3, 0.4) is 0 Å². The van der Waals surface area contributed by atoms with Gasteiger partial charge in [-0.2, -0.15) is 0 Å². The summed E-state index contributed by atoms with van der Waals surface area (Å²) in [7, 11) is 2.19. The number of piperidine rings is 1. The molecule has 2 unspecified atom stereocenters. The fourth-order valence-electron chi connectivity index (χ4n) is 3.70. The molecule has 1 heterocycles. The Morgan fingerprint density at radius 3 is 2.39 bits per heavy atom. The van der Waals surface area contributed by atoms with Crippen LogP contribution < -0.4 is 0 Å². The molecule has 0 amide bonds. The third kappa shape index (κ3) is 2.61. The quantitative estimate of drug-likeness (QED) is 0.557. The van der Waals surface area contributed by atoms with Crippen molar-refractivity contribution in [1.29, 1.82) is 0 Å². The van der Waals surface area contributed by atoms with Crippen LogP contribution in [0.15, 0.2) is 11.6 Å². The van der Waals surface area contributed by atoms with Crippen LogP contribution in [0.1, 0.15) is 27.2 Å². The number of hydrogen-bond acceptors (Lipinski definition) is 3. The highest BCUT2D eigenvalue weighted by Gasteiger charge is 2.41. The maximum absolute atomic E-state index is 11.7. The van der Waals surface area contributed by atoms with E-state index in [0.717, 1.165) is 13.1 Å². The number of esters is 1. The summed E-state index contributed by atoms with van der Waals surface area (Å²) in [5.74, 6) is 2.25. The third-order valence-corrected chi connectivity index (χ3v) is 4.56. The molecule has 102 valence electrons. The highest BCUT2D eigenvalue weighted by atomic mass is 16.5. The molecule has 3 nitrogen and oxygen atoms in total. The summed E-state index contributed by atoms with van der Waals surface area (Å²) in [6, 6.07) is 0. The van der Waals surface area contributed by atoms with Gasteiger partial charge in [-0.25, -0.2) is 4.79 Å². The van der Waals surface area contributed by atoms with E-state index in [1.807, 2.05) is 6.92 Å². The largest absolute Gasteiger partial charge is 0.463 e. The van der Waals surface area contributed by atoms with Gasteiger partial charge in [-0.15, -0.1) is 0 Å². The second kappa shape index (κ2) is 5.43. The summed E-state index contributed by atoms with van der Waals surface area (Å²) in [4.78, 5) is 14.1.